The van der Waals surface area contributed by atoms with E-state index in [1.165, 1.54) is 6.07 Å². The smallest absolute Gasteiger partial charge is 0.151 e. The van der Waals surface area contributed by atoms with E-state index in [1.54, 1.807) is 6.07 Å². The molecule has 0 saturated heterocycles. The highest BCUT2D eigenvalue weighted by molar-refractivity contribution is 5.75. The van der Waals surface area contributed by atoms with Gasteiger partial charge in [0.15, 0.2) is 5.82 Å². The highest BCUT2D eigenvalue weighted by Crippen LogP contribution is 2.15. The fourth-order valence-corrected chi connectivity index (χ4v) is 2.06. The number of fused-ring (bicyclic) bond motifs is 1. The van der Waals surface area contributed by atoms with Crippen molar-refractivity contribution in [1.29, 1.82) is 0 Å². The van der Waals surface area contributed by atoms with Gasteiger partial charge < -0.3 is 10.1 Å². The second kappa shape index (κ2) is 5.93. The van der Waals surface area contributed by atoms with Crippen LogP contribution in [-0.2, 0) is 6.54 Å². The second-order valence-electron chi connectivity index (χ2n) is 4.32. The first kappa shape index (κ1) is 13.0. The first-order chi connectivity index (χ1) is 8.74. The van der Waals surface area contributed by atoms with Crippen LogP contribution in [0.1, 0.15) is 19.2 Å². The van der Waals surface area contributed by atoms with E-state index in [0.29, 0.717) is 24.1 Å². The van der Waals surface area contributed by atoms with Crippen molar-refractivity contribution in [2.75, 3.05) is 19.7 Å². The van der Waals surface area contributed by atoms with Gasteiger partial charge in [0.25, 0.3) is 0 Å². The van der Waals surface area contributed by atoms with Crippen LogP contribution in [0.25, 0.3) is 11.0 Å². The lowest BCUT2D eigenvalue weighted by atomic mass is 10.3. The van der Waals surface area contributed by atoms with Gasteiger partial charge in [-0.15, -0.1) is 0 Å². The Bertz CT molecular complexity index is 506. The topological polar surface area (TPSA) is 52.1 Å². The highest BCUT2D eigenvalue weighted by atomic mass is 19.1. The van der Waals surface area contributed by atoms with Gasteiger partial charge in [0, 0.05) is 6.54 Å². The molecule has 4 nitrogen and oxygen atoms in total. The summed E-state index contributed by atoms with van der Waals surface area (Å²) in [6.45, 7) is 4.30. The molecule has 0 aliphatic carbocycles. The molecule has 18 heavy (non-hydrogen) atoms. The minimum absolute atomic E-state index is 0.120. The van der Waals surface area contributed by atoms with Crippen molar-refractivity contribution in [3.05, 3.63) is 29.8 Å². The minimum Gasteiger partial charge on any atom is -0.395 e. The third-order valence-electron chi connectivity index (χ3n) is 2.84. The van der Waals surface area contributed by atoms with Crippen LogP contribution in [0.4, 0.5) is 4.39 Å². The van der Waals surface area contributed by atoms with Crippen LogP contribution < -0.4 is 0 Å². The highest BCUT2D eigenvalue weighted by Gasteiger charge is 2.10. The lowest BCUT2D eigenvalue weighted by molar-refractivity contribution is 0.188. The number of aliphatic hydroxyl groups is 1. The summed E-state index contributed by atoms with van der Waals surface area (Å²) in [6.07, 6.45) is 1.01. The number of hydrogen-bond acceptors (Lipinski definition) is 3. The molecule has 0 fully saturated rings. The van der Waals surface area contributed by atoms with Gasteiger partial charge >= 0.3 is 0 Å². The van der Waals surface area contributed by atoms with Gasteiger partial charge in [-0.25, -0.2) is 9.37 Å². The maximum absolute atomic E-state index is 13.5. The van der Waals surface area contributed by atoms with Crippen LogP contribution in [0.2, 0.25) is 0 Å². The quantitative estimate of drug-likeness (QED) is 0.824. The van der Waals surface area contributed by atoms with E-state index in [1.807, 2.05) is 6.07 Å². The maximum atomic E-state index is 13.5. The van der Waals surface area contributed by atoms with Gasteiger partial charge in [0.2, 0.25) is 0 Å². The Kier molecular flexibility index (Phi) is 4.28. The summed E-state index contributed by atoms with van der Waals surface area (Å²) in [4.78, 5) is 9.46. The summed E-state index contributed by atoms with van der Waals surface area (Å²) in [7, 11) is 0. The lowest BCUT2D eigenvalue weighted by Gasteiger charge is -2.18. The number of hydrogen-bond donors (Lipinski definition) is 2. The molecule has 0 saturated carbocycles. The molecule has 0 bridgehead atoms. The fourth-order valence-electron chi connectivity index (χ4n) is 2.06. The Labute approximate surface area is 105 Å². The summed E-state index contributed by atoms with van der Waals surface area (Å²) in [5, 5.41) is 8.99. The predicted octanol–water partition coefficient (Wildman–Crippen LogP) is 1.91. The molecule has 0 radical (unpaired) electrons. The van der Waals surface area contributed by atoms with Crippen molar-refractivity contribution in [2.45, 2.75) is 19.9 Å². The molecule has 0 aliphatic heterocycles. The zero-order valence-corrected chi connectivity index (χ0v) is 10.5. The molecule has 1 aromatic heterocycles. The van der Waals surface area contributed by atoms with Crippen molar-refractivity contribution >= 4 is 11.0 Å². The first-order valence-corrected chi connectivity index (χ1v) is 6.21. The molecule has 2 N–H and O–H groups in total. The van der Waals surface area contributed by atoms with E-state index in [4.69, 9.17) is 5.11 Å². The van der Waals surface area contributed by atoms with Crippen LogP contribution in [0.15, 0.2) is 18.2 Å². The van der Waals surface area contributed by atoms with Gasteiger partial charge in [0.05, 0.1) is 18.7 Å². The molecular weight excluding hydrogens is 233 g/mol. The molecule has 0 atom stereocenters. The molecule has 0 spiro atoms. The molecular formula is C13H18FN3O. The van der Waals surface area contributed by atoms with Crippen LogP contribution in [0.5, 0.6) is 0 Å². The van der Waals surface area contributed by atoms with Crippen molar-refractivity contribution < 1.29 is 9.50 Å². The van der Waals surface area contributed by atoms with Gasteiger partial charge in [-0.3, -0.25) is 4.90 Å². The largest absolute Gasteiger partial charge is 0.395 e. The number of nitrogens with one attached hydrogen (secondary N) is 1. The SMILES string of the molecule is CCCN(CCO)Cc1nc2c(F)cccc2[nH]1. The molecule has 5 heteroatoms. The lowest BCUT2D eigenvalue weighted by Crippen LogP contribution is -2.27. The minimum atomic E-state index is -0.306. The molecule has 1 heterocycles. The Balaban J connectivity index is 2.17. The Morgan fingerprint density at radius 3 is 2.89 bits per heavy atom. The number of para-hydroxylation sites is 1. The van der Waals surface area contributed by atoms with Crippen LogP contribution in [0.3, 0.4) is 0 Å². The number of nitrogens with zero attached hydrogens (tertiary/aromatic N) is 2. The predicted molar refractivity (Wildman–Crippen MR) is 68.7 cm³/mol. The zero-order chi connectivity index (χ0) is 13.0. The molecule has 98 valence electrons. The van der Waals surface area contributed by atoms with Crippen LogP contribution in [0, 0.1) is 5.82 Å². The van der Waals surface area contributed by atoms with Crippen molar-refractivity contribution in [3.8, 4) is 0 Å². The molecule has 0 amide bonds. The monoisotopic (exact) mass is 251 g/mol. The summed E-state index contributed by atoms with van der Waals surface area (Å²) >= 11 is 0. The third-order valence-corrected chi connectivity index (χ3v) is 2.84. The Morgan fingerprint density at radius 1 is 1.39 bits per heavy atom. The number of H-pyrrole nitrogens is 1. The second-order valence-corrected chi connectivity index (χ2v) is 4.32. The van der Waals surface area contributed by atoms with Crippen molar-refractivity contribution in [1.82, 2.24) is 14.9 Å². The van der Waals surface area contributed by atoms with Gasteiger partial charge in [-0.05, 0) is 25.1 Å². The van der Waals surface area contributed by atoms with E-state index in [2.05, 4.69) is 21.8 Å². The maximum Gasteiger partial charge on any atom is 0.151 e. The first-order valence-electron chi connectivity index (χ1n) is 6.21. The molecule has 1 aromatic carbocycles. The van der Waals surface area contributed by atoms with Crippen molar-refractivity contribution in [2.24, 2.45) is 0 Å². The summed E-state index contributed by atoms with van der Waals surface area (Å²) in [5.41, 5.74) is 1.10. The average Bonchev–Trinajstić information content (AvgIpc) is 2.74. The normalized spacial score (nSPS) is 11.6. The van der Waals surface area contributed by atoms with E-state index in [-0.39, 0.29) is 12.4 Å². The zero-order valence-electron chi connectivity index (χ0n) is 10.5. The van der Waals surface area contributed by atoms with E-state index in [0.717, 1.165) is 18.8 Å². The average molecular weight is 251 g/mol. The number of halogens is 1. The van der Waals surface area contributed by atoms with Crippen LogP contribution in [-0.4, -0.2) is 39.7 Å². The molecule has 2 rings (SSSR count). The number of aliphatic hydroxyl groups excluding tert-OH is 1. The third kappa shape index (κ3) is 2.86. The fraction of sp³-hybridized carbons (Fsp3) is 0.462. The summed E-state index contributed by atoms with van der Waals surface area (Å²) in [6, 6.07) is 4.88. The number of aromatic amines is 1. The van der Waals surface area contributed by atoms with Gasteiger partial charge in [0.1, 0.15) is 11.3 Å². The Morgan fingerprint density at radius 2 is 2.22 bits per heavy atom. The van der Waals surface area contributed by atoms with Gasteiger partial charge in [-0.2, -0.15) is 0 Å². The summed E-state index contributed by atoms with van der Waals surface area (Å²) in [5.74, 6) is 0.427. The number of imidazole rings is 1. The van der Waals surface area contributed by atoms with E-state index in [9.17, 15) is 4.39 Å². The number of rotatable bonds is 6. The van der Waals surface area contributed by atoms with Gasteiger partial charge in [-0.1, -0.05) is 13.0 Å². The van der Waals surface area contributed by atoms with Crippen molar-refractivity contribution in [3.63, 3.8) is 0 Å². The molecule has 0 unspecified atom stereocenters. The summed E-state index contributed by atoms with van der Waals surface area (Å²) < 4.78 is 13.5. The van der Waals surface area contributed by atoms with Crippen LogP contribution >= 0.6 is 0 Å². The van der Waals surface area contributed by atoms with E-state index >= 15 is 0 Å². The standard InChI is InChI=1S/C13H18FN3O/c1-2-6-17(7-8-18)9-12-15-11-5-3-4-10(14)13(11)16-12/h3-5,18H,2,6-9H2,1H3,(H,15,16). The number of aromatic nitrogens is 2. The Hall–Kier alpha value is -1.46. The molecule has 0 aliphatic rings. The number of benzene rings is 1. The molecule has 2 aromatic rings. The van der Waals surface area contributed by atoms with E-state index < -0.39 is 0 Å².